The molecule has 58 valence electrons. The molecule has 0 saturated heterocycles. The molecule has 2 N–H and O–H groups in total. The van der Waals surface area contributed by atoms with Gasteiger partial charge in [0.25, 0.3) is 0 Å². The molecule has 0 atom stereocenters. The van der Waals surface area contributed by atoms with Crippen molar-refractivity contribution in [1.82, 2.24) is 10.6 Å². The molecule has 2 heteroatoms. The fourth-order valence-corrected chi connectivity index (χ4v) is 0.610. The number of terminal acetylenes is 1. The molecule has 0 bridgehead atoms. The van der Waals surface area contributed by atoms with Crippen molar-refractivity contribution in [2.24, 2.45) is 0 Å². The maximum Gasteiger partial charge on any atom is 0.0574 e. The van der Waals surface area contributed by atoms with E-state index in [1.54, 1.807) is 0 Å². The second-order valence-electron chi connectivity index (χ2n) is 2.49. The first kappa shape index (κ1) is 9.48. The first-order valence-corrected chi connectivity index (χ1v) is 3.65. The van der Waals surface area contributed by atoms with Crippen molar-refractivity contribution in [2.45, 2.75) is 19.9 Å². The summed E-state index contributed by atoms with van der Waals surface area (Å²) in [5, 5.41) is 6.37. The minimum Gasteiger partial charge on any atom is -0.313 e. The van der Waals surface area contributed by atoms with Crippen LogP contribution in [0.3, 0.4) is 0 Å². The van der Waals surface area contributed by atoms with E-state index in [1.807, 2.05) is 0 Å². The molecular formula is C8H16N2. The zero-order valence-corrected chi connectivity index (χ0v) is 6.78. The standard InChI is InChI=1S/C8H16N2/c1-4-5-9-6-7-10-8(2)3/h1,8-10H,5-7H2,2-3H3. The summed E-state index contributed by atoms with van der Waals surface area (Å²) in [6.45, 7) is 6.85. The Morgan fingerprint density at radius 2 is 2.10 bits per heavy atom. The molecule has 0 fully saturated rings. The van der Waals surface area contributed by atoms with Crippen LogP contribution in [0.1, 0.15) is 13.8 Å². The van der Waals surface area contributed by atoms with E-state index in [9.17, 15) is 0 Å². The molecule has 0 heterocycles. The van der Waals surface area contributed by atoms with Crippen LogP contribution in [0, 0.1) is 12.3 Å². The second kappa shape index (κ2) is 6.60. The molecule has 0 spiro atoms. The number of hydrogen-bond donors (Lipinski definition) is 2. The molecule has 2 nitrogen and oxygen atoms in total. The molecule has 0 aliphatic heterocycles. The molecule has 10 heavy (non-hydrogen) atoms. The van der Waals surface area contributed by atoms with Crippen LogP contribution in [0.25, 0.3) is 0 Å². The van der Waals surface area contributed by atoms with E-state index in [2.05, 4.69) is 30.4 Å². The Labute approximate surface area is 63.4 Å². The van der Waals surface area contributed by atoms with Crippen molar-refractivity contribution in [3.63, 3.8) is 0 Å². The lowest BCUT2D eigenvalue weighted by atomic mass is 10.4. The van der Waals surface area contributed by atoms with Gasteiger partial charge in [0.05, 0.1) is 6.54 Å². The molecule has 0 amide bonds. The Morgan fingerprint density at radius 3 is 2.60 bits per heavy atom. The molecule has 0 saturated carbocycles. The third-order valence-electron chi connectivity index (χ3n) is 1.08. The Bertz CT molecular complexity index is 102. The van der Waals surface area contributed by atoms with Gasteiger partial charge in [-0.3, -0.25) is 0 Å². The summed E-state index contributed by atoms with van der Waals surface area (Å²) in [5.41, 5.74) is 0. The minimum absolute atomic E-state index is 0.563. The molecule has 0 rings (SSSR count). The smallest absolute Gasteiger partial charge is 0.0574 e. The van der Waals surface area contributed by atoms with Crippen LogP contribution in [0.5, 0.6) is 0 Å². The summed E-state index contributed by atoms with van der Waals surface area (Å²) in [7, 11) is 0. The van der Waals surface area contributed by atoms with Crippen molar-refractivity contribution in [3.05, 3.63) is 0 Å². The summed E-state index contributed by atoms with van der Waals surface area (Å²) in [4.78, 5) is 0. The number of rotatable bonds is 5. The van der Waals surface area contributed by atoms with Crippen molar-refractivity contribution in [2.75, 3.05) is 19.6 Å². The third kappa shape index (κ3) is 7.48. The van der Waals surface area contributed by atoms with Gasteiger partial charge in [-0.25, -0.2) is 0 Å². The van der Waals surface area contributed by atoms with E-state index in [0.717, 1.165) is 13.1 Å². The van der Waals surface area contributed by atoms with Crippen molar-refractivity contribution < 1.29 is 0 Å². The number of hydrogen-bond acceptors (Lipinski definition) is 2. The van der Waals surface area contributed by atoms with Crippen molar-refractivity contribution in [3.8, 4) is 12.3 Å². The predicted molar refractivity (Wildman–Crippen MR) is 44.8 cm³/mol. The second-order valence-corrected chi connectivity index (χ2v) is 2.49. The van der Waals surface area contributed by atoms with Crippen LogP contribution in [0.15, 0.2) is 0 Å². The van der Waals surface area contributed by atoms with Crippen LogP contribution in [0.4, 0.5) is 0 Å². The van der Waals surface area contributed by atoms with Gasteiger partial charge < -0.3 is 10.6 Å². The van der Waals surface area contributed by atoms with E-state index < -0.39 is 0 Å². The van der Waals surface area contributed by atoms with Crippen molar-refractivity contribution >= 4 is 0 Å². The van der Waals surface area contributed by atoms with Gasteiger partial charge in [-0.15, -0.1) is 6.42 Å². The van der Waals surface area contributed by atoms with Crippen molar-refractivity contribution in [1.29, 1.82) is 0 Å². The maximum absolute atomic E-state index is 5.04. The van der Waals surface area contributed by atoms with Crippen LogP contribution in [0.2, 0.25) is 0 Å². The molecule has 0 aliphatic rings. The largest absolute Gasteiger partial charge is 0.313 e. The van der Waals surface area contributed by atoms with Crippen LogP contribution >= 0.6 is 0 Å². The summed E-state index contributed by atoms with van der Waals surface area (Å²) < 4.78 is 0. The monoisotopic (exact) mass is 140 g/mol. The topological polar surface area (TPSA) is 24.1 Å². The Morgan fingerprint density at radius 1 is 1.40 bits per heavy atom. The van der Waals surface area contributed by atoms with Gasteiger partial charge in [-0.1, -0.05) is 19.8 Å². The average molecular weight is 140 g/mol. The van der Waals surface area contributed by atoms with Gasteiger partial charge in [0.1, 0.15) is 0 Å². The highest BCUT2D eigenvalue weighted by atomic mass is 14.9. The first-order chi connectivity index (χ1) is 4.77. The molecule has 0 aromatic carbocycles. The van der Waals surface area contributed by atoms with Crippen LogP contribution in [-0.4, -0.2) is 25.7 Å². The highest BCUT2D eigenvalue weighted by Gasteiger charge is 1.88. The molecular weight excluding hydrogens is 124 g/mol. The zero-order chi connectivity index (χ0) is 7.82. The molecule has 0 unspecified atom stereocenters. The Balaban J connectivity index is 2.86. The first-order valence-electron chi connectivity index (χ1n) is 3.65. The summed E-state index contributed by atoms with van der Waals surface area (Å²) >= 11 is 0. The SMILES string of the molecule is C#CCNCCNC(C)C. The molecule has 0 aliphatic carbocycles. The average Bonchev–Trinajstić information content (AvgIpc) is 1.87. The maximum atomic E-state index is 5.04. The van der Waals surface area contributed by atoms with Crippen LogP contribution in [-0.2, 0) is 0 Å². The number of nitrogens with one attached hydrogen (secondary N) is 2. The Hall–Kier alpha value is -0.520. The van der Waals surface area contributed by atoms with E-state index in [0.29, 0.717) is 12.6 Å². The van der Waals surface area contributed by atoms with Gasteiger partial charge in [0.15, 0.2) is 0 Å². The summed E-state index contributed by atoms with van der Waals surface area (Å²) in [6, 6.07) is 0.563. The summed E-state index contributed by atoms with van der Waals surface area (Å²) in [5.74, 6) is 2.52. The van der Waals surface area contributed by atoms with E-state index in [-0.39, 0.29) is 0 Å². The highest BCUT2D eigenvalue weighted by molar-refractivity contribution is 4.86. The predicted octanol–water partition coefficient (Wildman–Crippen LogP) is 0.207. The molecule has 0 radical (unpaired) electrons. The minimum atomic E-state index is 0.563. The zero-order valence-electron chi connectivity index (χ0n) is 6.78. The summed E-state index contributed by atoms with van der Waals surface area (Å²) in [6.07, 6.45) is 5.04. The quantitative estimate of drug-likeness (QED) is 0.421. The normalized spacial score (nSPS) is 9.80. The van der Waals surface area contributed by atoms with E-state index >= 15 is 0 Å². The molecule has 0 aromatic heterocycles. The fraction of sp³-hybridized carbons (Fsp3) is 0.750. The lowest BCUT2D eigenvalue weighted by Gasteiger charge is -2.06. The van der Waals surface area contributed by atoms with Gasteiger partial charge in [0, 0.05) is 19.1 Å². The van der Waals surface area contributed by atoms with Gasteiger partial charge in [0.2, 0.25) is 0 Å². The van der Waals surface area contributed by atoms with Gasteiger partial charge in [-0.05, 0) is 0 Å². The van der Waals surface area contributed by atoms with E-state index in [1.165, 1.54) is 0 Å². The lowest BCUT2D eigenvalue weighted by molar-refractivity contribution is 0.568. The fourth-order valence-electron chi connectivity index (χ4n) is 0.610. The highest BCUT2D eigenvalue weighted by Crippen LogP contribution is 1.72. The molecule has 0 aromatic rings. The van der Waals surface area contributed by atoms with Gasteiger partial charge >= 0.3 is 0 Å². The van der Waals surface area contributed by atoms with Gasteiger partial charge in [-0.2, -0.15) is 0 Å². The third-order valence-corrected chi connectivity index (χ3v) is 1.08. The Kier molecular flexibility index (Phi) is 6.25. The van der Waals surface area contributed by atoms with E-state index in [4.69, 9.17) is 6.42 Å². The van der Waals surface area contributed by atoms with Crippen LogP contribution < -0.4 is 10.6 Å². The lowest BCUT2D eigenvalue weighted by Crippen LogP contribution is -2.31.